The summed E-state index contributed by atoms with van der Waals surface area (Å²) in [5.41, 5.74) is 2.12. The number of aromatic nitrogens is 2. The Hall–Kier alpha value is -2.31. The van der Waals surface area contributed by atoms with Gasteiger partial charge in [-0.3, -0.25) is 4.79 Å². The highest BCUT2D eigenvalue weighted by atomic mass is 16.7. The van der Waals surface area contributed by atoms with Crippen molar-refractivity contribution in [1.82, 2.24) is 14.9 Å². The third-order valence-electron chi connectivity index (χ3n) is 4.62. The molecule has 0 aliphatic carbocycles. The van der Waals surface area contributed by atoms with Crippen LogP contribution in [0.1, 0.15) is 23.2 Å². The van der Waals surface area contributed by atoms with Crippen molar-refractivity contribution < 1.29 is 14.3 Å². The molecule has 0 unspecified atom stereocenters. The van der Waals surface area contributed by atoms with Gasteiger partial charge in [-0.15, -0.1) is 0 Å². The van der Waals surface area contributed by atoms with E-state index >= 15 is 0 Å². The van der Waals surface area contributed by atoms with E-state index in [1.807, 2.05) is 35.2 Å². The van der Waals surface area contributed by atoms with E-state index in [-0.39, 0.29) is 5.91 Å². The standard InChI is InChI=1S/C18H19N3O3/c22-17(21-8-6-18(7-9-21)23-10-11-24-18)15-12-19-13-20-16(15)14-4-2-1-3-5-14/h1-5,12-13H,6-11H2. The smallest absolute Gasteiger partial charge is 0.257 e. The number of benzene rings is 1. The Morgan fingerprint density at radius 1 is 1.08 bits per heavy atom. The highest BCUT2D eigenvalue weighted by Gasteiger charge is 2.41. The number of hydrogen-bond donors (Lipinski definition) is 0. The molecule has 1 aromatic carbocycles. The quantitative estimate of drug-likeness (QED) is 0.846. The maximum atomic E-state index is 13.0. The van der Waals surface area contributed by atoms with Gasteiger partial charge in [0.05, 0.1) is 24.5 Å². The molecule has 1 amide bonds. The Kier molecular flexibility index (Phi) is 4.00. The Labute approximate surface area is 140 Å². The van der Waals surface area contributed by atoms with E-state index in [9.17, 15) is 4.79 Å². The molecule has 2 saturated heterocycles. The largest absolute Gasteiger partial charge is 0.347 e. The minimum absolute atomic E-state index is 0.0395. The number of piperidine rings is 1. The zero-order valence-electron chi connectivity index (χ0n) is 13.4. The lowest BCUT2D eigenvalue weighted by molar-refractivity contribution is -0.181. The fourth-order valence-electron chi connectivity index (χ4n) is 3.32. The van der Waals surface area contributed by atoms with E-state index in [0.29, 0.717) is 50.4 Å². The molecule has 0 bridgehead atoms. The fraction of sp³-hybridized carbons (Fsp3) is 0.389. The van der Waals surface area contributed by atoms with E-state index < -0.39 is 5.79 Å². The lowest BCUT2D eigenvalue weighted by atomic mass is 10.0. The first-order valence-corrected chi connectivity index (χ1v) is 8.20. The van der Waals surface area contributed by atoms with Gasteiger partial charge in [-0.1, -0.05) is 30.3 Å². The van der Waals surface area contributed by atoms with Crippen molar-refractivity contribution in [3.8, 4) is 11.3 Å². The molecule has 6 heteroatoms. The van der Waals surface area contributed by atoms with Gasteiger partial charge in [-0.2, -0.15) is 0 Å². The van der Waals surface area contributed by atoms with Gasteiger partial charge in [0.1, 0.15) is 6.33 Å². The number of carbonyl (C=O) groups excluding carboxylic acids is 1. The molecule has 1 aromatic heterocycles. The summed E-state index contributed by atoms with van der Waals surface area (Å²) >= 11 is 0. The second-order valence-electron chi connectivity index (χ2n) is 6.05. The molecule has 3 heterocycles. The number of rotatable bonds is 2. The van der Waals surface area contributed by atoms with Gasteiger partial charge < -0.3 is 14.4 Å². The summed E-state index contributed by atoms with van der Waals surface area (Å²) in [7, 11) is 0. The molecule has 1 spiro atoms. The monoisotopic (exact) mass is 325 g/mol. The van der Waals surface area contributed by atoms with Crippen LogP contribution in [0.5, 0.6) is 0 Å². The molecule has 24 heavy (non-hydrogen) atoms. The van der Waals surface area contributed by atoms with E-state index in [1.54, 1.807) is 6.20 Å². The lowest BCUT2D eigenvalue weighted by Crippen LogP contribution is -2.47. The highest BCUT2D eigenvalue weighted by Crippen LogP contribution is 2.32. The van der Waals surface area contributed by atoms with E-state index in [4.69, 9.17) is 9.47 Å². The summed E-state index contributed by atoms with van der Waals surface area (Å²) in [5, 5.41) is 0. The summed E-state index contributed by atoms with van der Waals surface area (Å²) in [6, 6.07) is 9.71. The number of likely N-dealkylation sites (tertiary alicyclic amines) is 1. The minimum atomic E-state index is -0.480. The van der Waals surface area contributed by atoms with Crippen molar-refractivity contribution in [3.63, 3.8) is 0 Å². The van der Waals surface area contributed by atoms with Gasteiger partial charge >= 0.3 is 0 Å². The zero-order chi connectivity index (χ0) is 16.4. The molecule has 2 aliphatic heterocycles. The number of carbonyl (C=O) groups is 1. The molecule has 0 radical (unpaired) electrons. The van der Waals surface area contributed by atoms with Crippen molar-refractivity contribution in [1.29, 1.82) is 0 Å². The van der Waals surface area contributed by atoms with Crippen LogP contribution in [0.4, 0.5) is 0 Å². The molecular formula is C18H19N3O3. The van der Waals surface area contributed by atoms with Crippen LogP contribution in [0, 0.1) is 0 Å². The minimum Gasteiger partial charge on any atom is -0.347 e. The highest BCUT2D eigenvalue weighted by molar-refractivity contribution is 5.99. The van der Waals surface area contributed by atoms with Crippen LogP contribution in [-0.2, 0) is 9.47 Å². The molecule has 0 saturated carbocycles. The molecule has 2 aliphatic rings. The van der Waals surface area contributed by atoms with Crippen molar-refractivity contribution in [2.24, 2.45) is 0 Å². The third kappa shape index (κ3) is 2.79. The van der Waals surface area contributed by atoms with Crippen molar-refractivity contribution in [2.45, 2.75) is 18.6 Å². The van der Waals surface area contributed by atoms with Gasteiger partial charge in [0.2, 0.25) is 0 Å². The molecule has 124 valence electrons. The molecule has 2 fully saturated rings. The Balaban J connectivity index is 1.55. The van der Waals surface area contributed by atoms with Crippen LogP contribution in [0.15, 0.2) is 42.9 Å². The average molecular weight is 325 g/mol. The van der Waals surface area contributed by atoms with Crippen LogP contribution < -0.4 is 0 Å². The first kappa shape index (κ1) is 15.2. The number of ether oxygens (including phenoxy) is 2. The van der Waals surface area contributed by atoms with E-state index in [1.165, 1.54) is 6.33 Å². The summed E-state index contributed by atoms with van der Waals surface area (Å²) in [6.07, 6.45) is 4.48. The second-order valence-corrected chi connectivity index (χ2v) is 6.05. The third-order valence-corrected chi connectivity index (χ3v) is 4.62. The van der Waals surface area contributed by atoms with E-state index in [0.717, 1.165) is 5.56 Å². The van der Waals surface area contributed by atoms with Crippen molar-refractivity contribution in [3.05, 3.63) is 48.4 Å². The summed E-state index contributed by atoms with van der Waals surface area (Å²) < 4.78 is 11.4. The van der Waals surface area contributed by atoms with Gasteiger partial charge in [-0.25, -0.2) is 9.97 Å². The Morgan fingerprint density at radius 2 is 1.79 bits per heavy atom. The molecule has 0 atom stereocenters. The predicted octanol–water partition coefficient (Wildman–Crippen LogP) is 2.12. The number of hydrogen-bond acceptors (Lipinski definition) is 5. The Bertz CT molecular complexity index is 719. The second kappa shape index (κ2) is 6.30. The molecule has 6 nitrogen and oxygen atoms in total. The van der Waals surface area contributed by atoms with Crippen molar-refractivity contribution in [2.75, 3.05) is 26.3 Å². The van der Waals surface area contributed by atoms with Crippen molar-refractivity contribution >= 4 is 5.91 Å². The first-order valence-electron chi connectivity index (χ1n) is 8.20. The van der Waals surface area contributed by atoms with Crippen LogP contribution >= 0.6 is 0 Å². The summed E-state index contributed by atoms with van der Waals surface area (Å²) in [4.78, 5) is 23.2. The van der Waals surface area contributed by atoms with Crippen LogP contribution in [0.2, 0.25) is 0 Å². The Morgan fingerprint density at radius 3 is 2.50 bits per heavy atom. The van der Waals surface area contributed by atoms with Gasteiger partial charge in [0.25, 0.3) is 5.91 Å². The molecule has 2 aromatic rings. The summed E-state index contributed by atoms with van der Waals surface area (Å²) in [5.74, 6) is -0.519. The van der Waals surface area contributed by atoms with E-state index in [2.05, 4.69) is 9.97 Å². The molecular weight excluding hydrogens is 306 g/mol. The molecule has 4 rings (SSSR count). The normalized spacial score (nSPS) is 19.6. The van der Waals surface area contributed by atoms with Crippen LogP contribution in [0.25, 0.3) is 11.3 Å². The molecule has 0 N–H and O–H groups in total. The van der Waals surface area contributed by atoms with Crippen LogP contribution in [0.3, 0.4) is 0 Å². The van der Waals surface area contributed by atoms with Gasteiger partial charge in [0, 0.05) is 37.7 Å². The lowest BCUT2D eigenvalue weighted by Gasteiger charge is -2.37. The SMILES string of the molecule is O=C(c1cncnc1-c1ccccc1)N1CCC2(CC1)OCCO2. The van der Waals surface area contributed by atoms with Gasteiger partial charge in [-0.05, 0) is 0 Å². The predicted molar refractivity (Wildman–Crippen MR) is 87.2 cm³/mol. The summed E-state index contributed by atoms with van der Waals surface area (Å²) in [6.45, 7) is 2.50. The zero-order valence-corrected chi connectivity index (χ0v) is 13.4. The number of nitrogens with zero attached hydrogens (tertiary/aromatic N) is 3. The topological polar surface area (TPSA) is 64.6 Å². The average Bonchev–Trinajstić information content (AvgIpc) is 3.10. The first-order chi connectivity index (χ1) is 11.8. The maximum Gasteiger partial charge on any atom is 0.257 e. The number of amides is 1. The fourth-order valence-corrected chi connectivity index (χ4v) is 3.32. The van der Waals surface area contributed by atoms with Gasteiger partial charge in [0.15, 0.2) is 5.79 Å². The maximum absolute atomic E-state index is 13.0. The van der Waals surface area contributed by atoms with Crippen LogP contribution in [-0.4, -0.2) is 52.9 Å².